The van der Waals surface area contributed by atoms with Crippen molar-refractivity contribution in [3.63, 3.8) is 0 Å². The second-order valence-electron chi connectivity index (χ2n) is 5.62. The molecule has 0 bridgehead atoms. The third kappa shape index (κ3) is 4.32. The monoisotopic (exact) mass is 326 g/mol. The summed E-state index contributed by atoms with van der Waals surface area (Å²) >= 11 is 0. The Hall–Kier alpha value is -2.89. The average Bonchev–Trinajstić information content (AvgIpc) is 2.80. The Labute approximate surface area is 141 Å². The van der Waals surface area contributed by atoms with Gasteiger partial charge in [-0.2, -0.15) is 5.10 Å². The molecule has 0 saturated carbocycles. The quantitative estimate of drug-likeness (QED) is 0.798. The number of carbonyl (C=O) groups is 2. The lowest BCUT2D eigenvalue weighted by atomic mass is 10.1. The summed E-state index contributed by atoms with van der Waals surface area (Å²) in [7, 11) is 1.89. The molecule has 0 spiro atoms. The Morgan fingerprint density at radius 3 is 2.46 bits per heavy atom. The minimum atomic E-state index is -0.261. The van der Waals surface area contributed by atoms with Crippen LogP contribution in [0.2, 0.25) is 0 Å². The number of hydrogen-bond donors (Lipinski definition) is 2. The largest absolute Gasteiger partial charge is 0.352 e. The summed E-state index contributed by atoms with van der Waals surface area (Å²) in [5.41, 5.74) is 4.58. The molecule has 0 aliphatic carbocycles. The van der Waals surface area contributed by atoms with Gasteiger partial charge in [0.15, 0.2) is 0 Å². The van der Waals surface area contributed by atoms with Gasteiger partial charge in [0.2, 0.25) is 11.8 Å². The van der Waals surface area contributed by atoms with Gasteiger partial charge in [-0.3, -0.25) is 14.3 Å². The highest BCUT2D eigenvalue weighted by molar-refractivity contribution is 5.98. The molecule has 1 heterocycles. The van der Waals surface area contributed by atoms with Crippen LogP contribution in [-0.4, -0.2) is 21.6 Å². The van der Waals surface area contributed by atoms with E-state index in [1.54, 1.807) is 12.1 Å². The molecule has 0 aliphatic heterocycles. The number of nitrogens with zero attached hydrogens (tertiary/aromatic N) is 2. The summed E-state index contributed by atoms with van der Waals surface area (Å²) in [6.45, 7) is 7.79. The molecule has 126 valence electrons. The molecule has 2 rings (SSSR count). The molecular weight excluding hydrogens is 304 g/mol. The van der Waals surface area contributed by atoms with Crippen LogP contribution >= 0.6 is 0 Å². The number of anilines is 1. The van der Waals surface area contributed by atoms with Crippen molar-refractivity contribution in [3.8, 4) is 0 Å². The van der Waals surface area contributed by atoms with Crippen molar-refractivity contribution in [2.24, 2.45) is 7.05 Å². The predicted octanol–water partition coefficient (Wildman–Crippen LogP) is 2.02. The number of carbonyl (C=O) groups excluding carboxylic acids is 2. The van der Waals surface area contributed by atoms with Gasteiger partial charge < -0.3 is 10.6 Å². The number of aryl methyl sites for hydroxylation is 2. The minimum absolute atomic E-state index is 0.0551. The molecule has 2 amide bonds. The van der Waals surface area contributed by atoms with Crippen LogP contribution < -0.4 is 10.6 Å². The van der Waals surface area contributed by atoms with E-state index in [1.807, 2.05) is 37.7 Å². The van der Waals surface area contributed by atoms with Gasteiger partial charge in [-0.15, -0.1) is 0 Å². The lowest BCUT2D eigenvalue weighted by Crippen LogP contribution is -2.25. The van der Waals surface area contributed by atoms with Gasteiger partial charge >= 0.3 is 0 Å². The van der Waals surface area contributed by atoms with Crippen LogP contribution in [0.25, 0.3) is 0 Å². The van der Waals surface area contributed by atoms with E-state index in [0.717, 1.165) is 22.5 Å². The van der Waals surface area contributed by atoms with Gasteiger partial charge in [0.25, 0.3) is 0 Å². The molecule has 1 aromatic carbocycles. The molecule has 0 radical (unpaired) electrons. The Bertz CT molecular complexity index is 760. The highest BCUT2D eigenvalue weighted by Crippen LogP contribution is 2.12. The first-order chi connectivity index (χ1) is 11.4. The molecule has 0 fully saturated rings. The number of nitrogens with one attached hydrogen (secondary N) is 2. The second kappa shape index (κ2) is 7.59. The molecular formula is C18H22N4O2. The van der Waals surface area contributed by atoms with E-state index in [2.05, 4.69) is 22.3 Å². The Balaban J connectivity index is 1.90. The molecule has 6 nitrogen and oxygen atoms in total. The van der Waals surface area contributed by atoms with E-state index < -0.39 is 0 Å². The summed E-state index contributed by atoms with van der Waals surface area (Å²) in [4.78, 5) is 23.3. The Kier molecular flexibility index (Phi) is 5.52. The van der Waals surface area contributed by atoms with Crippen molar-refractivity contribution in [1.82, 2.24) is 15.1 Å². The van der Waals surface area contributed by atoms with Crippen LogP contribution in [0.15, 0.2) is 36.9 Å². The van der Waals surface area contributed by atoms with Gasteiger partial charge in [0, 0.05) is 30.5 Å². The third-order valence-electron chi connectivity index (χ3n) is 3.89. The first-order valence-electron chi connectivity index (χ1n) is 7.69. The van der Waals surface area contributed by atoms with Gasteiger partial charge in [-0.25, -0.2) is 0 Å². The second-order valence-corrected chi connectivity index (χ2v) is 5.62. The van der Waals surface area contributed by atoms with Crippen molar-refractivity contribution in [3.05, 3.63) is 59.4 Å². The molecule has 0 saturated heterocycles. The summed E-state index contributed by atoms with van der Waals surface area (Å²) in [6.07, 6.45) is 1.50. The molecule has 6 heteroatoms. The van der Waals surface area contributed by atoms with Crippen LogP contribution in [0.5, 0.6) is 0 Å². The number of amides is 2. The predicted molar refractivity (Wildman–Crippen MR) is 93.5 cm³/mol. The van der Waals surface area contributed by atoms with Gasteiger partial charge in [0.05, 0.1) is 12.1 Å². The zero-order valence-corrected chi connectivity index (χ0v) is 14.2. The zero-order valence-electron chi connectivity index (χ0n) is 14.2. The maximum atomic E-state index is 12.1. The summed E-state index contributed by atoms with van der Waals surface area (Å²) in [5, 5.41) is 9.93. The summed E-state index contributed by atoms with van der Waals surface area (Å²) in [6, 6.07) is 7.16. The summed E-state index contributed by atoms with van der Waals surface area (Å²) < 4.78 is 1.81. The number of rotatable bonds is 6. The highest BCUT2D eigenvalue weighted by atomic mass is 16.2. The molecule has 2 aromatic rings. The normalized spacial score (nSPS) is 10.3. The number of benzene rings is 1. The molecule has 0 aliphatic rings. The van der Waals surface area contributed by atoms with Gasteiger partial charge in [-0.1, -0.05) is 18.7 Å². The van der Waals surface area contributed by atoms with Gasteiger partial charge in [0.1, 0.15) is 0 Å². The molecule has 0 unspecified atom stereocenters. The molecule has 0 atom stereocenters. The Morgan fingerprint density at radius 1 is 1.25 bits per heavy atom. The van der Waals surface area contributed by atoms with Crippen LogP contribution in [0, 0.1) is 13.8 Å². The van der Waals surface area contributed by atoms with Crippen LogP contribution in [0.1, 0.15) is 22.5 Å². The van der Waals surface area contributed by atoms with E-state index >= 15 is 0 Å². The third-order valence-corrected chi connectivity index (χ3v) is 3.89. The highest BCUT2D eigenvalue weighted by Gasteiger charge is 2.11. The van der Waals surface area contributed by atoms with E-state index in [4.69, 9.17) is 0 Å². The van der Waals surface area contributed by atoms with Gasteiger partial charge in [-0.05, 0) is 37.6 Å². The lowest BCUT2D eigenvalue weighted by Gasteiger charge is -2.07. The summed E-state index contributed by atoms with van der Waals surface area (Å²) in [5.74, 6) is -0.316. The van der Waals surface area contributed by atoms with Crippen LogP contribution in [0.3, 0.4) is 0 Å². The average molecular weight is 326 g/mol. The lowest BCUT2D eigenvalue weighted by molar-refractivity contribution is -0.120. The van der Waals surface area contributed by atoms with Crippen molar-refractivity contribution < 1.29 is 9.59 Å². The van der Waals surface area contributed by atoms with Crippen LogP contribution in [0.4, 0.5) is 5.69 Å². The fourth-order valence-corrected chi connectivity index (χ4v) is 2.41. The van der Waals surface area contributed by atoms with E-state index in [1.165, 1.54) is 6.08 Å². The van der Waals surface area contributed by atoms with Crippen molar-refractivity contribution in [2.75, 3.05) is 5.32 Å². The van der Waals surface area contributed by atoms with Crippen LogP contribution in [-0.2, 0) is 29.6 Å². The maximum Gasteiger partial charge on any atom is 0.247 e. The van der Waals surface area contributed by atoms with E-state index in [-0.39, 0.29) is 18.2 Å². The fourth-order valence-electron chi connectivity index (χ4n) is 2.41. The first kappa shape index (κ1) is 17.5. The molecule has 1 aromatic heterocycles. The fraction of sp³-hybridized carbons (Fsp3) is 0.278. The standard InChI is InChI=1S/C18H22N4O2/c1-5-17(23)20-15-8-6-14(7-9-15)10-18(24)19-11-16-12(2)21-22(4)13(16)3/h5-9H,1,10-11H2,2-4H3,(H,19,24)(H,20,23). The maximum absolute atomic E-state index is 12.1. The molecule has 24 heavy (non-hydrogen) atoms. The number of aromatic nitrogens is 2. The topological polar surface area (TPSA) is 76.0 Å². The number of hydrogen-bond acceptors (Lipinski definition) is 3. The SMILES string of the molecule is C=CC(=O)Nc1ccc(CC(=O)NCc2c(C)nn(C)c2C)cc1. The zero-order chi connectivity index (χ0) is 17.7. The van der Waals surface area contributed by atoms with E-state index in [9.17, 15) is 9.59 Å². The smallest absolute Gasteiger partial charge is 0.247 e. The van der Waals surface area contributed by atoms with E-state index in [0.29, 0.717) is 12.2 Å². The van der Waals surface area contributed by atoms with Crippen molar-refractivity contribution in [2.45, 2.75) is 26.8 Å². The van der Waals surface area contributed by atoms with Crippen molar-refractivity contribution >= 4 is 17.5 Å². The first-order valence-corrected chi connectivity index (χ1v) is 7.69. The molecule has 2 N–H and O–H groups in total. The van der Waals surface area contributed by atoms with Crippen molar-refractivity contribution in [1.29, 1.82) is 0 Å². The minimum Gasteiger partial charge on any atom is -0.352 e. The Morgan fingerprint density at radius 2 is 1.92 bits per heavy atom.